The lowest BCUT2D eigenvalue weighted by Crippen LogP contribution is -2.93. The lowest BCUT2D eigenvalue weighted by molar-refractivity contribution is -0.682. The predicted octanol–water partition coefficient (Wildman–Crippen LogP) is -0.650. The van der Waals surface area contributed by atoms with Gasteiger partial charge in [-0.15, -0.1) is 0 Å². The van der Waals surface area contributed by atoms with Gasteiger partial charge >= 0.3 is 0 Å². The number of hydrogen-bond donors (Lipinski definition) is 2. The molecule has 0 saturated heterocycles. The van der Waals surface area contributed by atoms with Gasteiger partial charge in [0.2, 0.25) is 5.91 Å². The molecule has 1 rings (SSSR count). The minimum Gasteiger partial charge on any atom is -0.544 e. The number of nitrogens with one attached hydrogen (secondary N) is 1. The Hall–Kier alpha value is -1.92. The quantitative estimate of drug-likeness (QED) is 0.593. The Morgan fingerprint density at radius 1 is 1.27 bits per heavy atom. The molecule has 0 saturated carbocycles. The van der Waals surface area contributed by atoms with E-state index in [0.717, 1.165) is 17.5 Å². The summed E-state index contributed by atoms with van der Waals surface area (Å²) in [5.41, 5.74) is 2.76. The number of carbonyl (C=O) groups excluding carboxylic acids is 2. The van der Waals surface area contributed by atoms with Crippen LogP contribution in [0.1, 0.15) is 24.0 Å². The average Bonchev–Trinajstić information content (AvgIpc) is 2.40. The molecule has 1 atom stereocenters. The molecule has 0 radical (unpaired) electrons. The van der Waals surface area contributed by atoms with Gasteiger partial charge in [0.1, 0.15) is 6.04 Å². The Bertz CT molecular complexity index is 497. The van der Waals surface area contributed by atoms with Gasteiger partial charge in [0.05, 0.1) is 25.5 Å². The Kier molecular flexibility index (Phi) is 7.56. The molecule has 0 spiro atoms. The van der Waals surface area contributed by atoms with Gasteiger partial charge in [-0.1, -0.05) is 6.07 Å². The summed E-state index contributed by atoms with van der Waals surface area (Å²) in [5.74, 6) is -1.56. The van der Waals surface area contributed by atoms with Crippen molar-refractivity contribution in [2.24, 2.45) is 0 Å². The number of quaternary nitrogens is 1. The molecule has 0 aliphatic heterocycles. The second kappa shape index (κ2) is 9.17. The molecule has 0 unspecified atom stereocenters. The monoisotopic (exact) mass is 308 g/mol. The standard InChI is InChI=1S/C16H24N2O4/c1-11-7-12(2)9-13(8-11)18-15(19)10-14(16(20)21)17-5-4-6-22-3/h7-9,14,17H,4-6,10H2,1-3H3,(H,18,19)(H,20,21)/t14-/m0/s1. The van der Waals surface area contributed by atoms with Crippen molar-refractivity contribution in [3.8, 4) is 0 Å². The van der Waals surface area contributed by atoms with Crippen LogP contribution in [0.3, 0.4) is 0 Å². The normalized spacial score (nSPS) is 12.0. The minimum atomic E-state index is -1.23. The molecule has 1 amide bonds. The van der Waals surface area contributed by atoms with Gasteiger partial charge in [0, 0.05) is 19.2 Å². The first-order chi connectivity index (χ1) is 10.4. The highest BCUT2D eigenvalue weighted by Crippen LogP contribution is 2.13. The van der Waals surface area contributed by atoms with Gasteiger partial charge in [-0.05, 0) is 37.1 Å². The topological polar surface area (TPSA) is 95.1 Å². The van der Waals surface area contributed by atoms with Crippen molar-refractivity contribution >= 4 is 17.6 Å². The third-order valence-electron chi connectivity index (χ3n) is 3.22. The fraction of sp³-hybridized carbons (Fsp3) is 0.500. The first kappa shape index (κ1) is 18.1. The van der Waals surface area contributed by atoms with E-state index in [2.05, 4.69) is 5.32 Å². The van der Waals surface area contributed by atoms with Crippen LogP contribution in [0.5, 0.6) is 0 Å². The molecule has 0 bridgehead atoms. The number of carboxylic acid groups (broad SMARTS) is 1. The molecule has 0 fully saturated rings. The van der Waals surface area contributed by atoms with E-state index in [0.29, 0.717) is 18.8 Å². The third-order valence-corrected chi connectivity index (χ3v) is 3.22. The number of carbonyl (C=O) groups is 2. The minimum absolute atomic E-state index is 0.123. The summed E-state index contributed by atoms with van der Waals surface area (Å²) in [6, 6.07) is 4.81. The van der Waals surface area contributed by atoms with Crippen molar-refractivity contribution in [3.05, 3.63) is 29.3 Å². The average molecular weight is 308 g/mol. The maximum absolute atomic E-state index is 12.0. The first-order valence-electron chi connectivity index (χ1n) is 7.33. The zero-order valence-electron chi connectivity index (χ0n) is 13.3. The maximum Gasteiger partial charge on any atom is 0.230 e. The largest absolute Gasteiger partial charge is 0.544 e. The van der Waals surface area contributed by atoms with Crippen molar-refractivity contribution < 1.29 is 24.7 Å². The molecule has 1 aromatic rings. The fourth-order valence-corrected chi connectivity index (χ4v) is 2.27. The summed E-state index contributed by atoms with van der Waals surface area (Å²) >= 11 is 0. The Morgan fingerprint density at radius 2 is 1.91 bits per heavy atom. The second-order valence-electron chi connectivity index (χ2n) is 5.42. The lowest BCUT2D eigenvalue weighted by atomic mass is 10.1. The van der Waals surface area contributed by atoms with Crippen LogP contribution in [0.2, 0.25) is 0 Å². The number of hydrogen-bond acceptors (Lipinski definition) is 4. The number of aliphatic carboxylic acids is 1. The lowest BCUT2D eigenvalue weighted by Gasteiger charge is -2.16. The van der Waals surface area contributed by atoms with Crippen LogP contribution in [0, 0.1) is 13.8 Å². The second-order valence-corrected chi connectivity index (χ2v) is 5.42. The zero-order chi connectivity index (χ0) is 16.5. The molecule has 0 heterocycles. The number of carboxylic acids is 1. The molecule has 6 heteroatoms. The highest BCUT2D eigenvalue weighted by Gasteiger charge is 2.18. The fourth-order valence-electron chi connectivity index (χ4n) is 2.27. The number of anilines is 1. The van der Waals surface area contributed by atoms with Crippen LogP contribution < -0.4 is 15.7 Å². The number of amides is 1. The third kappa shape index (κ3) is 6.69. The SMILES string of the molecule is COCCC[NH2+][C@@H](CC(=O)Nc1cc(C)cc(C)c1)C(=O)[O-]. The van der Waals surface area contributed by atoms with Gasteiger partial charge < -0.3 is 25.3 Å². The van der Waals surface area contributed by atoms with Gasteiger partial charge in [-0.25, -0.2) is 0 Å². The number of nitrogens with two attached hydrogens (primary N) is 1. The number of ether oxygens (including phenoxy) is 1. The molecule has 3 N–H and O–H groups in total. The van der Waals surface area contributed by atoms with Crippen LogP contribution in [0.4, 0.5) is 5.69 Å². The van der Waals surface area contributed by atoms with E-state index in [9.17, 15) is 14.7 Å². The van der Waals surface area contributed by atoms with E-state index in [1.54, 1.807) is 12.4 Å². The summed E-state index contributed by atoms with van der Waals surface area (Å²) < 4.78 is 4.90. The summed E-state index contributed by atoms with van der Waals surface area (Å²) in [4.78, 5) is 23.1. The van der Waals surface area contributed by atoms with Gasteiger partial charge in [0.25, 0.3) is 0 Å². The molecular formula is C16H24N2O4. The van der Waals surface area contributed by atoms with Crippen LogP contribution >= 0.6 is 0 Å². The summed E-state index contributed by atoms with van der Waals surface area (Å²) in [7, 11) is 1.59. The molecule has 122 valence electrons. The van der Waals surface area contributed by atoms with Crippen molar-refractivity contribution in [3.63, 3.8) is 0 Å². The Labute approximate surface area is 130 Å². The molecule has 6 nitrogen and oxygen atoms in total. The molecule has 0 aliphatic rings. The summed E-state index contributed by atoms with van der Waals surface area (Å²) in [5, 5.41) is 15.4. The van der Waals surface area contributed by atoms with E-state index < -0.39 is 12.0 Å². The smallest absolute Gasteiger partial charge is 0.230 e. The number of rotatable bonds is 9. The van der Waals surface area contributed by atoms with E-state index >= 15 is 0 Å². The van der Waals surface area contributed by atoms with Gasteiger partial charge in [-0.2, -0.15) is 0 Å². The Balaban J connectivity index is 2.54. The number of aryl methyl sites for hydroxylation is 2. The summed E-state index contributed by atoms with van der Waals surface area (Å²) in [6.07, 6.45) is 0.598. The van der Waals surface area contributed by atoms with Crippen LogP contribution in [0.25, 0.3) is 0 Å². The molecular weight excluding hydrogens is 284 g/mol. The predicted molar refractivity (Wildman–Crippen MR) is 81.2 cm³/mol. The molecule has 1 aromatic carbocycles. The van der Waals surface area contributed by atoms with E-state index in [1.165, 1.54) is 0 Å². The number of benzene rings is 1. The number of methoxy groups -OCH3 is 1. The molecule has 0 aliphatic carbocycles. The Morgan fingerprint density at radius 3 is 2.45 bits per heavy atom. The van der Waals surface area contributed by atoms with Crippen molar-refractivity contribution in [2.45, 2.75) is 32.7 Å². The first-order valence-corrected chi connectivity index (χ1v) is 7.33. The van der Waals surface area contributed by atoms with Crippen LogP contribution in [-0.4, -0.2) is 38.2 Å². The van der Waals surface area contributed by atoms with Crippen LogP contribution in [0.15, 0.2) is 18.2 Å². The van der Waals surface area contributed by atoms with Crippen molar-refractivity contribution in [1.29, 1.82) is 0 Å². The van der Waals surface area contributed by atoms with E-state index in [-0.39, 0.29) is 12.3 Å². The van der Waals surface area contributed by atoms with Gasteiger partial charge in [0.15, 0.2) is 0 Å². The highest BCUT2D eigenvalue weighted by molar-refractivity contribution is 5.93. The van der Waals surface area contributed by atoms with Crippen LogP contribution in [-0.2, 0) is 14.3 Å². The van der Waals surface area contributed by atoms with E-state index in [1.807, 2.05) is 32.0 Å². The van der Waals surface area contributed by atoms with E-state index in [4.69, 9.17) is 4.74 Å². The van der Waals surface area contributed by atoms with Crippen molar-refractivity contribution in [1.82, 2.24) is 0 Å². The summed E-state index contributed by atoms with van der Waals surface area (Å²) in [6.45, 7) is 5.01. The van der Waals surface area contributed by atoms with Crippen molar-refractivity contribution in [2.75, 3.05) is 25.6 Å². The maximum atomic E-state index is 12.0. The van der Waals surface area contributed by atoms with Gasteiger partial charge in [-0.3, -0.25) is 4.79 Å². The molecule has 0 aromatic heterocycles. The molecule has 22 heavy (non-hydrogen) atoms. The zero-order valence-corrected chi connectivity index (χ0v) is 13.3. The highest BCUT2D eigenvalue weighted by atomic mass is 16.5.